The van der Waals surface area contributed by atoms with Crippen molar-refractivity contribution in [3.63, 3.8) is 0 Å². The summed E-state index contributed by atoms with van der Waals surface area (Å²) in [6, 6.07) is 0. The minimum absolute atomic E-state index is 0.110. The van der Waals surface area contributed by atoms with Crippen LogP contribution in [0.25, 0.3) is 0 Å². The molecule has 0 unspecified atom stereocenters. The molecule has 3 heteroatoms. The zero-order valence-electron chi connectivity index (χ0n) is 14.6. The first-order valence-electron chi connectivity index (χ1n) is 7.74. The maximum Gasteiger partial charge on any atom is 0.0610 e. The SMILES string of the molecule is CN(CC#CC(C)(C)C)CN1CCN(C(C)(C)C)CC1. The molecule has 1 aliphatic rings. The molecule has 1 fully saturated rings. The van der Waals surface area contributed by atoms with Gasteiger partial charge in [-0.2, -0.15) is 0 Å². The van der Waals surface area contributed by atoms with Crippen LogP contribution in [0.4, 0.5) is 0 Å². The van der Waals surface area contributed by atoms with Gasteiger partial charge in [0.1, 0.15) is 0 Å². The van der Waals surface area contributed by atoms with Crippen molar-refractivity contribution in [3.05, 3.63) is 0 Å². The maximum absolute atomic E-state index is 3.30. The molecule has 0 bridgehead atoms. The van der Waals surface area contributed by atoms with E-state index >= 15 is 0 Å². The lowest BCUT2D eigenvalue weighted by Crippen LogP contribution is -2.54. The first-order chi connectivity index (χ1) is 9.08. The number of piperazine rings is 1. The zero-order valence-corrected chi connectivity index (χ0v) is 14.6. The van der Waals surface area contributed by atoms with E-state index in [2.05, 4.69) is 75.1 Å². The molecule has 1 aliphatic heterocycles. The summed E-state index contributed by atoms with van der Waals surface area (Å²) in [7, 11) is 2.16. The summed E-state index contributed by atoms with van der Waals surface area (Å²) in [5.41, 5.74) is 0.412. The van der Waals surface area contributed by atoms with E-state index in [9.17, 15) is 0 Å². The summed E-state index contributed by atoms with van der Waals surface area (Å²) in [4.78, 5) is 7.41. The van der Waals surface area contributed by atoms with Gasteiger partial charge in [-0.15, -0.1) is 0 Å². The van der Waals surface area contributed by atoms with Gasteiger partial charge in [0.05, 0.1) is 13.2 Å². The largest absolute Gasteiger partial charge is 0.296 e. The lowest BCUT2D eigenvalue weighted by atomic mass is 9.98. The molecule has 3 nitrogen and oxygen atoms in total. The van der Waals surface area contributed by atoms with Gasteiger partial charge in [-0.1, -0.05) is 11.8 Å². The maximum atomic E-state index is 3.30. The van der Waals surface area contributed by atoms with Crippen molar-refractivity contribution in [2.24, 2.45) is 5.41 Å². The second-order valence-corrected chi connectivity index (χ2v) is 7.98. The van der Waals surface area contributed by atoms with Crippen LogP contribution in [0, 0.1) is 17.3 Å². The predicted octanol–water partition coefficient (Wildman–Crippen LogP) is 2.34. The van der Waals surface area contributed by atoms with Crippen LogP contribution in [0.15, 0.2) is 0 Å². The summed E-state index contributed by atoms with van der Waals surface area (Å²) < 4.78 is 0. The molecule has 0 radical (unpaired) electrons. The van der Waals surface area contributed by atoms with E-state index in [4.69, 9.17) is 0 Å². The van der Waals surface area contributed by atoms with Crippen molar-refractivity contribution in [1.29, 1.82) is 0 Å². The van der Waals surface area contributed by atoms with Crippen LogP contribution in [0.2, 0.25) is 0 Å². The predicted molar refractivity (Wildman–Crippen MR) is 87.6 cm³/mol. The summed E-state index contributed by atoms with van der Waals surface area (Å²) in [6.07, 6.45) is 0. The van der Waals surface area contributed by atoms with Crippen molar-refractivity contribution in [2.75, 3.05) is 46.4 Å². The van der Waals surface area contributed by atoms with E-state index in [1.54, 1.807) is 0 Å². The Bertz CT molecular complexity index is 343. The normalized spacial score (nSPS) is 19.0. The molecule has 1 heterocycles. The Kier molecular flexibility index (Phi) is 6.06. The van der Waals surface area contributed by atoms with Crippen molar-refractivity contribution >= 4 is 0 Å². The molecule has 0 amide bonds. The average molecular weight is 279 g/mol. The molecule has 0 saturated carbocycles. The van der Waals surface area contributed by atoms with Crippen LogP contribution in [0.1, 0.15) is 41.5 Å². The van der Waals surface area contributed by atoms with Gasteiger partial charge in [-0.25, -0.2) is 0 Å². The Morgan fingerprint density at radius 3 is 1.95 bits per heavy atom. The first-order valence-corrected chi connectivity index (χ1v) is 7.74. The van der Waals surface area contributed by atoms with Gasteiger partial charge >= 0.3 is 0 Å². The van der Waals surface area contributed by atoms with E-state index in [0.717, 1.165) is 26.3 Å². The van der Waals surface area contributed by atoms with Gasteiger partial charge < -0.3 is 0 Å². The third-order valence-corrected chi connectivity index (χ3v) is 3.57. The fourth-order valence-corrected chi connectivity index (χ4v) is 2.39. The molecule has 0 aliphatic carbocycles. The lowest BCUT2D eigenvalue weighted by molar-refractivity contribution is 0.0411. The highest BCUT2D eigenvalue weighted by Crippen LogP contribution is 2.15. The third kappa shape index (κ3) is 6.74. The van der Waals surface area contributed by atoms with Gasteiger partial charge in [0.25, 0.3) is 0 Å². The second-order valence-electron chi connectivity index (χ2n) is 7.98. The van der Waals surface area contributed by atoms with Crippen LogP contribution < -0.4 is 0 Å². The minimum atomic E-state index is 0.110. The Morgan fingerprint density at radius 2 is 1.50 bits per heavy atom. The Morgan fingerprint density at radius 1 is 0.950 bits per heavy atom. The Balaban J connectivity index is 2.31. The van der Waals surface area contributed by atoms with Gasteiger partial charge in [0, 0.05) is 37.1 Å². The molecular weight excluding hydrogens is 246 g/mol. The van der Waals surface area contributed by atoms with Gasteiger partial charge in [0.2, 0.25) is 0 Å². The van der Waals surface area contributed by atoms with Crippen LogP contribution in [0.3, 0.4) is 0 Å². The highest BCUT2D eigenvalue weighted by Gasteiger charge is 2.25. The molecular formula is C17H33N3. The number of hydrogen-bond donors (Lipinski definition) is 0. The molecule has 116 valence electrons. The first kappa shape index (κ1) is 17.5. The molecule has 1 rings (SSSR count). The zero-order chi connectivity index (χ0) is 15.4. The molecule has 0 aromatic heterocycles. The lowest BCUT2D eigenvalue weighted by Gasteiger charge is -2.43. The molecule has 0 aromatic carbocycles. The molecule has 0 atom stereocenters. The fourth-order valence-electron chi connectivity index (χ4n) is 2.39. The number of hydrogen-bond acceptors (Lipinski definition) is 3. The number of nitrogens with zero attached hydrogens (tertiary/aromatic N) is 3. The van der Waals surface area contributed by atoms with Crippen LogP contribution in [0.5, 0.6) is 0 Å². The van der Waals surface area contributed by atoms with Crippen molar-refractivity contribution in [3.8, 4) is 11.8 Å². The Hall–Kier alpha value is -0.560. The highest BCUT2D eigenvalue weighted by atomic mass is 15.3. The average Bonchev–Trinajstić information content (AvgIpc) is 2.26. The van der Waals surface area contributed by atoms with Gasteiger partial charge in [0.15, 0.2) is 0 Å². The number of rotatable bonds is 3. The molecule has 20 heavy (non-hydrogen) atoms. The molecule has 0 aromatic rings. The second kappa shape index (κ2) is 6.93. The summed E-state index contributed by atoms with van der Waals surface area (Å²) in [5, 5.41) is 0. The summed E-state index contributed by atoms with van der Waals surface area (Å²) in [5.74, 6) is 6.59. The topological polar surface area (TPSA) is 9.72 Å². The van der Waals surface area contributed by atoms with E-state index in [0.29, 0.717) is 5.54 Å². The van der Waals surface area contributed by atoms with Gasteiger partial charge in [-0.05, 0) is 48.6 Å². The molecule has 0 N–H and O–H groups in total. The molecule has 0 spiro atoms. The molecule has 1 saturated heterocycles. The Labute approximate surface area is 126 Å². The van der Waals surface area contributed by atoms with Gasteiger partial charge in [-0.3, -0.25) is 14.7 Å². The highest BCUT2D eigenvalue weighted by molar-refractivity contribution is 5.08. The summed E-state index contributed by atoms with van der Waals surface area (Å²) in [6.45, 7) is 19.9. The fraction of sp³-hybridized carbons (Fsp3) is 0.882. The van der Waals surface area contributed by atoms with Crippen LogP contribution in [-0.2, 0) is 0 Å². The monoisotopic (exact) mass is 279 g/mol. The summed E-state index contributed by atoms with van der Waals surface area (Å²) >= 11 is 0. The van der Waals surface area contributed by atoms with Crippen molar-refractivity contribution in [1.82, 2.24) is 14.7 Å². The van der Waals surface area contributed by atoms with E-state index in [1.807, 2.05) is 0 Å². The van der Waals surface area contributed by atoms with Crippen molar-refractivity contribution in [2.45, 2.75) is 47.1 Å². The van der Waals surface area contributed by atoms with Crippen molar-refractivity contribution < 1.29 is 0 Å². The third-order valence-electron chi connectivity index (χ3n) is 3.57. The van der Waals surface area contributed by atoms with E-state index in [-0.39, 0.29) is 5.41 Å². The van der Waals surface area contributed by atoms with Crippen LogP contribution in [-0.4, -0.2) is 66.7 Å². The quantitative estimate of drug-likeness (QED) is 0.734. The van der Waals surface area contributed by atoms with E-state index in [1.165, 1.54) is 13.1 Å². The van der Waals surface area contributed by atoms with E-state index < -0.39 is 0 Å². The minimum Gasteiger partial charge on any atom is -0.296 e. The standard InChI is InChI=1S/C17H33N3/c1-16(2,3)9-8-10-18(7)15-19-11-13-20(14-12-19)17(4,5)6/h10-15H2,1-7H3. The smallest absolute Gasteiger partial charge is 0.0610 e. The van der Waals surface area contributed by atoms with Crippen LogP contribution >= 0.6 is 0 Å².